The van der Waals surface area contributed by atoms with Gasteiger partial charge in [-0.3, -0.25) is 0 Å². The summed E-state index contributed by atoms with van der Waals surface area (Å²) in [6, 6.07) is 18.9. The number of benzene rings is 2. The molecule has 0 radical (unpaired) electrons. The summed E-state index contributed by atoms with van der Waals surface area (Å²) in [7, 11) is 0. The molecule has 2 aromatic carbocycles. The second kappa shape index (κ2) is 8.20. The summed E-state index contributed by atoms with van der Waals surface area (Å²) in [5.41, 5.74) is 1.56. The highest BCUT2D eigenvalue weighted by Crippen LogP contribution is 2.20. The fourth-order valence-corrected chi connectivity index (χ4v) is 2.80. The van der Waals surface area contributed by atoms with Crippen LogP contribution >= 0.6 is 0 Å². The Labute approximate surface area is 147 Å². The molecular weight excluding hydrogens is 316 g/mol. The zero-order valence-electron chi connectivity index (χ0n) is 13.9. The Balaban J connectivity index is 1.45. The van der Waals surface area contributed by atoms with Crippen LogP contribution in [-0.2, 0) is 11.3 Å². The van der Waals surface area contributed by atoms with Crippen LogP contribution in [-0.4, -0.2) is 30.2 Å². The van der Waals surface area contributed by atoms with E-state index in [0.717, 1.165) is 18.4 Å². The van der Waals surface area contributed by atoms with Crippen molar-refractivity contribution < 1.29 is 14.3 Å². The minimum absolute atomic E-state index is 0.0483. The molecule has 0 N–H and O–H groups in total. The minimum atomic E-state index is -0.284. The van der Waals surface area contributed by atoms with E-state index >= 15 is 0 Å². The summed E-state index contributed by atoms with van der Waals surface area (Å²) in [4.78, 5) is 13.9. The van der Waals surface area contributed by atoms with Crippen LogP contribution in [0.2, 0.25) is 0 Å². The maximum atomic E-state index is 12.1. The standard InChI is InChI=1S/C20H20N2O3/c21-14-17-7-4-8-19(13-17)25-18-9-11-22(12-10-18)20(23)24-15-16-5-2-1-3-6-16/h1-8,13,18H,9-12,15H2. The van der Waals surface area contributed by atoms with Crippen LogP contribution in [0.25, 0.3) is 0 Å². The number of amides is 1. The Hall–Kier alpha value is -3.00. The molecule has 1 aliphatic heterocycles. The lowest BCUT2D eigenvalue weighted by atomic mass is 10.1. The van der Waals surface area contributed by atoms with Crippen LogP contribution in [0, 0.1) is 11.3 Å². The van der Waals surface area contributed by atoms with E-state index in [4.69, 9.17) is 14.7 Å². The number of carbonyl (C=O) groups is 1. The molecular formula is C20H20N2O3. The van der Waals surface area contributed by atoms with Gasteiger partial charge >= 0.3 is 6.09 Å². The van der Waals surface area contributed by atoms with Gasteiger partial charge in [-0.25, -0.2) is 4.79 Å². The molecule has 1 amide bonds. The van der Waals surface area contributed by atoms with Gasteiger partial charge in [-0.1, -0.05) is 36.4 Å². The number of ether oxygens (including phenoxy) is 2. The first-order valence-electron chi connectivity index (χ1n) is 8.37. The Kier molecular flexibility index (Phi) is 5.53. The molecule has 0 bridgehead atoms. The molecule has 1 aliphatic rings. The lowest BCUT2D eigenvalue weighted by molar-refractivity contribution is 0.0638. The van der Waals surface area contributed by atoms with Crippen LogP contribution < -0.4 is 4.74 Å². The van der Waals surface area contributed by atoms with Crippen molar-refractivity contribution in [2.24, 2.45) is 0 Å². The Morgan fingerprint density at radius 2 is 1.88 bits per heavy atom. The summed E-state index contributed by atoms with van der Waals surface area (Å²) in [6.45, 7) is 1.50. The van der Waals surface area contributed by atoms with Gasteiger partial charge in [-0.2, -0.15) is 5.26 Å². The number of nitriles is 1. The number of nitrogens with zero attached hydrogens (tertiary/aromatic N) is 2. The lowest BCUT2D eigenvalue weighted by Gasteiger charge is -2.31. The zero-order chi connectivity index (χ0) is 17.5. The Morgan fingerprint density at radius 1 is 1.12 bits per heavy atom. The van der Waals surface area contributed by atoms with Crippen LogP contribution in [0.4, 0.5) is 4.79 Å². The molecule has 1 heterocycles. The van der Waals surface area contributed by atoms with Crippen LogP contribution in [0.1, 0.15) is 24.0 Å². The highest BCUT2D eigenvalue weighted by atomic mass is 16.6. The SMILES string of the molecule is N#Cc1cccc(OC2CCN(C(=O)OCc3ccccc3)CC2)c1. The van der Waals surface area contributed by atoms with E-state index in [9.17, 15) is 4.79 Å². The molecule has 0 aliphatic carbocycles. The first kappa shape index (κ1) is 16.8. The van der Waals surface area contributed by atoms with E-state index in [0.29, 0.717) is 24.4 Å². The van der Waals surface area contributed by atoms with E-state index in [-0.39, 0.29) is 18.8 Å². The smallest absolute Gasteiger partial charge is 0.410 e. The number of hydrogen-bond acceptors (Lipinski definition) is 4. The van der Waals surface area contributed by atoms with Crippen LogP contribution in [0.15, 0.2) is 54.6 Å². The van der Waals surface area contributed by atoms with Gasteiger partial charge in [-0.05, 0) is 23.8 Å². The van der Waals surface area contributed by atoms with Gasteiger partial charge in [0.05, 0.1) is 11.6 Å². The zero-order valence-corrected chi connectivity index (χ0v) is 13.9. The molecule has 5 heteroatoms. The third-order valence-electron chi connectivity index (χ3n) is 4.17. The van der Waals surface area contributed by atoms with Crippen molar-refractivity contribution in [1.29, 1.82) is 5.26 Å². The number of likely N-dealkylation sites (tertiary alicyclic amines) is 1. The number of hydrogen-bond donors (Lipinski definition) is 0. The van der Waals surface area contributed by atoms with Crippen molar-refractivity contribution in [2.45, 2.75) is 25.6 Å². The number of carbonyl (C=O) groups excluding carboxylic acids is 1. The fraction of sp³-hybridized carbons (Fsp3) is 0.300. The van der Waals surface area contributed by atoms with Gasteiger partial charge in [0.15, 0.2) is 0 Å². The first-order valence-corrected chi connectivity index (χ1v) is 8.37. The highest BCUT2D eigenvalue weighted by Gasteiger charge is 2.24. The lowest BCUT2D eigenvalue weighted by Crippen LogP contribution is -2.42. The molecule has 1 fully saturated rings. The van der Waals surface area contributed by atoms with Gasteiger partial charge in [-0.15, -0.1) is 0 Å². The topological polar surface area (TPSA) is 62.6 Å². The molecule has 2 aromatic rings. The quantitative estimate of drug-likeness (QED) is 0.853. The summed E-state index contributed by atoms with van der Waals surface area (Å²) < 4.78 is 11.3. The average molecular weight is 336 g/mol. The molecule has 0 atom stereocenters. The maximum absolute atomic E-state index is 12.1. The van der Waals surface area contributed by atoms with Gasteiger partial charge < -0.3 is 14.4 Å². The van der Waals surface area contributed by atoms with E-state index in [2.05, 4.69) is 6.07 Å². The minimum Gasteiger partial charge on any atom is -0.490 e. The van der Waals surface area contributed by atoms with Gasteiger partial charge in [0.1, 0.15) is 18.5 Å². The Bertz CT molecular complexity index is 747. The largest absolute Gasteiger partial charge is 0.490 e. The molecule has 3 rings (SSSR count). The normalized spacial score (nSPS) is 14.6. The van der Waals surface area contributed by atoms with E-state index in [1.54, 1.807) is 17.0 Å². The summed E-state index contributed by atoms with van der Waals surface area (Å²) in [5.74, 6) is 0.698. The van der Waals surface area contributed by atoms with Crippen molar-refractivity contribution in [3.8, 4) is 11.8 Å². The van der Waals surface area contributed by atoms with Crippen molar-refractivity contribution in [3.05, 3.63) is 65.7 Å². The van der Waals surface area contributed by atoms with Crippen molar-refractivity contribution in [2.75, 3.05) is 13.1 Å². The monoisotopic (exact) mass is 336 g/mol. The number of rotatable bonds is 4. The van der Waals surface area contributed by atoms with Gasteiger partial charge in [0.25, 0.3) is 0 Å². The molecule has 0 saturated carbocycles. The van der Waals surface area contributed by atoms with E-state index < -0.39 is 0 Å². The molecule has 128 valence electrons. The van der Waals surface area contributed by atoms with Crippen LogP contribution in [0.3, 0.4) is 0 Å². The molecule has 1 saturated heterocycles. The molecule has 0 spiro atoms. The maximum Gasteiger partial charge on any atom is 0.410 e. The van der Waals surface area contributed by atoms with E-state index in [1.807, 2.05) is 42.5 Å². The van der Waals surface area contributed by atoms with Crippen molar-refractivity contribution >= 4 is 6.09 Å². The van der Waals surface area contributed by atoms with Crippen LogP contribution in [0.5, 0.6) is 5.75 Å². The molecule has 0 unspecified atom stereocenters. The third kappa shape index (κ3) is 4.74. The second-order valence-electron chi connectivity index (χ2n) is 5.98. The summed E-state index contributed by atoms with van der Waals surface area (Å²) in [5, 5.41) is 8.93. The summed E-state index contributed by atoms with van der Waals surface area (Å²) >= 11 is 0. The molecule has 5 nitrogen and oxygen atoms in total. The Morgan fingerprint density at radius 3 is 2.60 bits per heavy atom. The highest BCUT2D eigenvalue weighted by molar-refractivity contribution is 5.67. The van der Waals surface area contributed by atoms with Crippen molar-refractivity contribution in [1.82, 2.24) is 4.90 Å². The summed E-state index contributed by atoms with van der Waals surface area (Å²) in [6.07, 6.45) is 1.26. The predicted octanol–water partition coefficient (Wildman–Crippen LogP) is 3.74. The fourth-order valence-electron chi connectivity index (χ4n) is 2.80. The van der Waals surface area contributed by atoms with Crippen molar-refractivity contribution in [3.63, 3.8) is 0 Å². The predicted molar refractivity (Wildman–Crippen MR) is 93.0 cm³/mol. The van der Waals surface area contributed by atoms with E-state index in [1.165, 1.54) is 0 Å². The van der Waals surface area contributed by atoms with Gasteiger partial charge in [0.2, 0.25) is 0 Å². The van der Waals surface area contributed by atoms with Gasteiger partial charge in [0, 0.05) is 25.9 Å². The first-order chi connectivity index (χ1) is 12.2. The average Bonchev–Trinajstić information content (AvgIpc) is 2.67. The molecule has 0 aromatic heterocycles. The molecule has 25 heavy (non-hydrogen) atoms. The number of piperidine rings is 1. The second-order valence-corrected chi connectivity index (χ2v) is 5.98. The third-order valence-corrected chi connectivity index (χ3v) is 4.17.